The van der Waals surface area contributed by atoms with Gasteiger partial charge in [0.2, 0.25) is 6.29 Å². The normalized spacial score (nSPS) is 45.4. The van der Waals surface area contributed by atoms with E-state index in [1.807, 2.05) is 6.29 Å². The summed E-state index contributed by atoms with van der Waals surface area (Å²) in [6.45, 7) is 0. The van der Waals surface area contributed by atoms with Crippen LogP contribution in [0.1, 0.15) is 25.7 Å². The van der Waals surface area contributed by atoms with E-state index in [9.17, 15) is 4.79 Å². The Morgan fingerprint density at radius 2 is 2.30 bits per heavy atom. The molecule has 3 atom stereocenters. The Morgan fingerprint density at radius 1 is 1.40 bits per heavy atom. The van der Waals surface area contributed by atoms with E-state index < -0.39 is 0 Å². The Balaban J connectivity index is 1.99. The minimum atomic E-state index is 0.0512. The van der Waals surface area contributed by atoms with Crippen LogP contribution in [-0.4, -0.2) is 18.4 Å². The molecule has 0 spiro atoms. The van der Waals surface area contributed by atoms with Gasteiger partial charge >= 0.3 is 0 Å². The topological polar surface area (TPSA) is 29.1 Å². The average Bonchev–Trinajstić information content (AvgIpc) is 2.42. The van der Waals surface area contributed by atoms with Gasteiger partial charge in [-0.05, 0) is 25.2 Å². The van der Waals surface area contributed by atoms with Gasteiger partial charge in [-0.15, -0.1) is 0 Å². The standard InChI is InChI=1S/C8H12NO/c10-5-7-4-6-2-1-3-8(6)9-7/h6-9H,1-4H2. The summed E-state index contributed by atoms with van der Waals surface area (Å²) in [5.41, 5.74) is 0. The first-order valence-corrected chi connectivity index (χ1v) is 4.04. The van der Waals surface area contributed by atoms with Crippen molar-refractivity contribution < 1.29 is 4.79 Å². The number of rotatable bonds is 1. The van der Waals surface area contributed by atoms with Crippen molar-refractivity contribution in [3.8, 4) is 0 Å². The van der Waals surface area contributed by atoms with Crippen molar-refractivity contribution in [2.75, 3.05) is 0 Å². The zero-order chi connectivity index (χ0) is 6.97. The van der Waals surface area contributed by atoms with Gasteiger partial charge in [-0.25, -0.2) is 0 Å². The van der Waals surface area contributed by atoms with Gasteiger partial charge in [0, 0.05) is 6.04 Å². The fourth-order valence-corrected chi connectivity index (χ4v) is 2.25. The van der Waals surface area contributed by atoms with Crippen LogP contribution in [0, 0.1) is 5.92 Å². The van der Waals surface area contributed by atoms with Gasteiger partial charge in [0.25, 0.3) is 0 Å². The summed E-state index contributed by atoms with van der Waals surface area (Å²) in [5.74, 6) is 0.784. The summed E-state index contributed by atoms with van der Waals surface area (Å²) in [7, 11) is 0. The second-order valence-electron chi connectivity index (χ2n) is 3.37. The van der Waals surface area contributed by atoms with Crippen molar-refractivity contribution in [3.05, 3.63) is 0 Å². The van der Waals surface area contributed by atoms with Crippen LogP contribution in [0.2, 0.25) is 0 Å². The van der Waals surface area contributed by atoms with Gasteiger partial charge in [-0.2, -0.15) is 0 Å². The Morgan fingerprint density at radius 3 is 3.00 bits per heavy atom. The molecule has 55 valence electrons. The highest BCUT2D eigenvalue weighted by atomic mass is 16.1. The van der Waals surface area contributed by atoms with Gasteiger partial charge in [-0.1, -0.05) is 6.42 Å². The first-order valence-electron chi connectivity index (χ1n) is 4.04. The second-order valence-corrected chi connectivity index (χ2v) is 3.37. The van der Waals surface area contributed by atoms with E-state index in [0.717, 1.165) is 12.3 Å². The van der Waals surface area contributed by atoms with Gasteiger partial charge < -0.3 is 5.32 Å². The highest BCUT2D eigenvalue weighted by molar-refractivity contribution is 5.59. The molecule has 2 nitrogen and oxygen atoms in total. The monoisotopic (exact) mass is 138 g/mol. The predicted octanol–water partition coefficient (Wildman–Crippen LogP) is 0.627. The van der Waals surface area contributed by atoms with Gasteiger partial charge in [0.05, 0.1) is 6.04 Å². The molecule has 1 radical (unpaired) electrons. The van der Waals surface area contributed by atoms with Crippen LogP contribution in [0.15, 0.2) is 0 Å². The third-order valence-corrected chi connectivity index (χ3v) is 2.76. The van der Waals surface area contributed by atoms with Crippen molar-refractivity contribution in [1.82, 2.24) is 5.32 Å². The summed E-state index contributed by atoms with van der Waals surface area (Å²) in [6.07, 6.45) is 6.99. The molecule has 2 heteroatoms. The fraction of sp³-hybridized carbons (Fsp3) is 0.875. The van der Waals surface area contributed by atoms with E-state index in [1.54, 1.807) is 0 Å². The summed E-state index contributed by atoms with van der Waals surface area (Å²) < 4.78 is 0. The third kappa shape index (κ3) is 0.870. The molecular formula is C8H12NO. The maximum absolute atomic E-state index is 10.3. The summed E-state index contributed by atoms with van der Waals surface area (Å²) in [6, 6.07) is 0.696. The average molecular weight is 138 g/mol. The molecule has 0 amide bonds. The zero-order valence-electron chi connectivity index (χ0n) is 5.97. The number of hydrogen-bond acceptors (Lipinski definition) is 2. The second kappa shape index (κ2) is 2.35. The molecule has 0 aromatic carbocycles. The molecule has 3 unspecified atom stereocenters. The molecule has 2 fully saturated rings. The van der Waals surface area contributed by atoms with Crippen LogP contribution in [0.4, 0.5) is 0 Å². The Labute approximate surface area is 61.0 Å². The van der Waals surface area contributed by atoms with Crippen molar-refractivity contribution in [2.45, 2.75) is 37.8 Å². The van der Waals surface area contributed by atoms with E-state index in [1.165, 1.54) is 19.3 Å². The molecule has 1 saturated heterocycles. The lowest BCUT2D eigenvalue weighted by molar-refractivity contribution is 0.515. The predicted molar refractivity (Wildman–Crippen MR) is 38.4 cm³/mol. The maximum Gasteiger partial charge on any atom is 0.216 e. The summed E-state index contributed by atoms with van der Waals surface area (Å²) >= 11 is 0. The van der Waals surface area contributed by atoms with E-state index in [0.29, 0.717) is 6.04 Å². The molecule has 2 rings (SSSR count). The van der Waals surface area contributed by atoms with Crippen molar-refractivity contribution in [3.63, 3.8) is 0 Å². The van der Waals surface area contributed by atoms with Gasteiger partial charge in [0.1, 0.15) is 0 Å². The molecule has 2 aliphatic rings. The van der Waals surface area contributed by atoms with Crippen LogP contribution in [0.25, 0.3) is 0 Å². The third-order valence-electron chi connectivity index (χ3n) is 2.76. The molecule has 1 heterocycles. The zero-order valence-corrected chi connectivity index (χ0v) is 5.97. The van der Waals surface area contributed by atoms with Crippen LogP contribution in [0.3, 0.4) is 0 Å². The highest BCUT2D eigenvalue weighted by Crippen LogP contribution is 2.33. The van der Waals surface area contributed by atoms with Crippen LogP contribution < -0.4 is 5.32 Å². The van der Waals surface area contributed by atoms with E-state index in [4.69, 9.17) is 0 Å². The molecule has 1 N–H and O–H groups in total. The van der Waals surface area contributed by atoms with Crippen molar-refractivity contribution in [1.29, 1.82) is 0 Å². The Hall–Kier alpha value is -0.370. The molecule has 0 bridgehead atoms. The van der Waals surface area contributed by atoms with Crippen molar-refractivity contribution in [2.24, 2.45) is 5.92 Å². The molecule has 0 aromatic rings. The minimum absolute atomic E-state index is 0.0512. The number of hydrogen-bond donors (Lipinski definition) is 1. The fourth-order valence-electron chi connectivity index (χ4n) is 2.25. The van der Waals surface area contributed by atoms with E-state index >= 15 is 0 Å². The Bertz CT molecular complexity index is 134. The lowest BCUT2D eigenvalue weighted by atomic mass is 10.0. The van der Waals surface area contributed by atoms with Crippen LogP contribution in [-0.2, 0) is 4.79 Å². The Kier molecular flexibility index (Phi) is 1.49. The van der Waals surface area contributed by atoms with Crippen LogP contribution >= 0.6 is 0 Å². The number of nitrogens with one attached hydrogen (secondary N) is 1. The molecule has 1 aliphatic heterocycles. The SMILES string of the molecule is O=[C]C1CC2CCCC2N1. The van der Waals surface area contributed by atoms with Gasteiger partial charge in [0.15, 0.2) is 0 Å². The molecule has 0 aromatic heterocycles. The lowest BCUT2D eigenvalue weighted by Gasteiger charge is -2.06. The summed E-state index contributed by atoms with van der Waals surface area (Å²) in [5, 5.41) is 3.28. The van der Waals surface area contributed by atoms with E-state index in [2.05, 4.69) is 5.32 Å². The largest absolute Gasteiger partial charge is 0.304 e. The van der Waals surface area contributed by atoms with Crippen LogP contribution in [0.5, 0.6) is 0 Å². The molecular weight excluding hydrogens is 126 g/mol. The van der Waals surface area contributed by atoms with Crippen molar-refractivity contribution >= 4 is 6.29 Å². The van der Waals surface area contributed by atoms with E-state index in [-0.39, 0.29) is 6.04 Å². The first-order chi connectivity index (χ1) is 4.90. The summed E-state index contributed by atoms with van der Waals surface area (Å²) in [4.78, 5) is 10.3. The molecule has 10 heavy (non-hydrogen) atoms. The number of carbonyl (C=O) groups excluding carboxylic acids is 1. The first kappa shape index (κ1) is 6.35. The smallest absolute Gasteiger partial charge is 0.216 e. The number of fused-ring (bicyclic) bond motifs is 1. The molecule has 1 saturated carbocycles. The van der Waals surface area contributed by atoms with Gasteiger partial charge in [-0.3, -0.25) is 4.79 Å². The lowest BCUT2D eigenvalue weighted by Crippen LogP contribution is -2.29. The minimum Gasteiger partial charge on any atom is -0.304 e. The quantitative estimate of drug-likeness (QED) is 0.575. The highest BCUT2D eigenvalue weighted by Gasteiger charge is 2.36. The maximum atomic E-state index is 10.3. The molecule has 1 aliphatic carbocycles.